The lowest BCUT2D eigenvalue weighted by molar-refractivity contribution is -0.139. The van der Waals surface area contributed by atoms with Crippen LogP contribution < -0.4 is 10.1 Å². The highest BCUT2D eigenvalue weighted by Gasteiger charge is 2.37. The van der Waals surface area contributed by atoms with Crippen LogP contribution in [0.25, 0.3) is 0 Å². The number of nitrogens with one attached hydrogen (secondary N) is 1. The van der Waals surface area contributed by atoms with Crippen LogP contribution in [0.2, 0.25) is 5.02 Å². The van der Waals surface area contributed by atoms with Gasteiger partial charge in [0.15, 0.2) is 0 Å². The fourth-order valence-corrected chi connectivity index (χ4v) is 2.52. The third-order valence-corrected chi connectivity index (χ3v) is 3.99. The Hall–Kier alpha value is -0.970. The molecule has 0 radical (unpaired) electrons. The van der Waals surface area contributed by atoms with Crippen LogP contribution in [0.4, 0.5) is 0 Å². The maximum atomic E-state index is 12.4. The molecule has 1 fully saturated rings. The van der Waals surface area contributed by atoms with Crippen molar-refractivity contribution in [1.29, 1.82) is 0 Å². The third kappa shape index (κ3) is 4.77. The Balaban J connectivity index is 0.00000220. The predicted molar refractivity (Wildman–Crippen MR) is 87.4 cm³/mol. The average molecular weight is 333 g/mol. The van der Waals surface area contributed by atoms with Gasteiger partial charge >= 0.3 is 0 Å². The van der Waals surface area contributed by atoms with Crippen molar-refractivity contribution in [3.05, 3.63) is 29.3 Å². The second kappa shape index (κ2) is 7.87. The van der Waals surface area contributed by atoms with Gasteiger partial charge in [-0.25, -0.2) is 0 Å². The lowest BCUT2D eigenvalue weighted by Gasteiger charge is -2.28. The molecule has 6 heteroatoms. The summed E-state index contributed by atoms with van der Waals surface area (Å²) in [5.74, 6) is 0.950. The first-order valence-electron chi connectivity index (χ1n) is 6.86. The van der Waals surface area contributed by atoms with Crippen molar-refractivity contribution in [3.63, 3.8) is 0 Å². The Morgan fingerprint density at radius 2 is 2.10 bits per heavy atom. The average Bonchev–Trinajstić information content (AvgIpc) is 2.88. The van der Waals surface area contributed by atoms with E-state index in [9.17, 15) is 4.79 Å². The number of ether oxygens (including phenoxy) is 1. The number of hydrogen-bond donors (Lipinski definition) is 1. The fraction of sp³-hybridized carbons (Fsp3) is 0.533. The fourth-order valence-electron chi connectivity index (χ4n) is 2.39. The zero-order chi connectivity index (χ0) is 14.6. The van der Waals surface area contributed by atoms with Gasteiger partial charge in [-0.05, 0) is 44.2 Å². The van der Waals surface area contributed by atoms with E-state index in [4.69, 9.17) is 16.3 Å². The summed E-state index contributed by atoms with van der Waals surface area (Å²) in [6.45, 7) is 4.75. The van der Waals surface area contributed by atoms with Crippen molar-refractivity contribution >= 4 is 29.9 Å². The van der Waals surface area contributed by atoms with Crippen LogP contribution in [-0.2, 0) is 4.79 Å². The molecule has 4 nitrogen and oxygen atoms in total. The molecule has 0 saturated carbocycles. The van der Waals surface area contributed by atoms with Crippen LogP contribution in [0.3, 0.4) is 0 Å². The maximum absolute atomic E-state index is 12.4. The van der Waals surface area contributed by atoms with Crippen molar-refractivity contribution in [1.82, 2.24) is 10.2 Å². The predicted octanol–water partition coefficient (Wildman–Crippen LogP) is 2.60. The molecule has 1 saturated heterocycles. The molecular formula is C15H22Cl2N2O2. The normalized spacial score (nSPS) is 20.7. The summed E-state index contributed by atoms with van der Waals surface area (Å²) in [7, 11) is 1.83. The van der Waals surface area contributed by atoms with Crippen molar-refractivity contribution in [2.24, 2.45) is 5.41 Å². The molecule has 1 unspecified atom stereocenters. The van der Waals surface area contributed by atoms with Gasteiger partial charge in [0.05, 0.1) is 12.0 Å². The summed E-state index contributed by atoms with van der Waals surface area (Å²) >= 11 is 5.81. The topological polar surface area (TPSA) is 41.6 Å². The number of halogens is 2. The first kappa shape index (κ1) is 18.1. The molecule has 1 heterocycles. The number of benzene rings is 1. The van der Waals surface area contributed by atoms with Crippen molar-refractivity contribution < 1.29 is 9.53 Å². The molecule has 118 valence electrons. The molecule has 0 aliphatic carbocycles. The van der Waals surface area contributed by atoms with Gasteiger partial charge in [-0.15, -0.1) is 12.4 Å². The van der Waals surface area contributed by atoms with E-state index in [2.05, 4.69) is 5.32 Å². The van der Waals surface area contributed by atoms with Gasteiger partial charge in [-0.1, -0.05) is 11.6 Å². The largest absolute Gasteiger partial charge is 0.492 e. The van der Waals surface area contributed by atoms with Gasteiger partial charge < -0.3 is 15.0 Å². The Kier molecular flexibility index (Phi) is 6.78. The van der Waals surface area contributed by atoms with E-state index in [1.807, 2.05) is 26.1 Å². The van der Waals surface area contributed by atoms with Gasteiger partial charge in [0.25, 0.3) is 0 Å². The number of rotatable bonds is 5. The highest BCUT2D eigenvalue weighted by Crippen LogP contribution is 2.26. The Morgan fingerprint density at radius 3 is 2.67 bits per heavy atom. The van der Waals surface area contributed by atoms with E-state index in [1.165, 1.54) is 0 Å². The van der Waals surface area contributed by atoms with Crippen molar-refractivity contribution in [3.8, 4) is 5.75 Å². The molecular weight excluding hydrogens is 311 g/mol. The molecule has 1 aromatic carbocycles. The van der Waals surface area contributed by atoms with Crippen LogP contribution in [-0.4, -0.2) is 44.1 Å². The van der Waals surface area contributed by atoms with Crippen molar-refractivity contribution in [2.45, 2.75) is 13.3 Å². The van der Waals surface area contributed by atoms with E-state index in [-0.39, 0.29) is 23.7 Å². The van der Waals surface area contributed by atoms with Gasteiger partial charge in [-0.2, -0.15) is 0 Å². The highest BCUT2D eigenvalue weighted by atomic mass is 35.5. The molecule has 0 aromatic heterocycles. The van der Waals surface area contributed by atoms with Crippen LogP contribution in [0.5, 0.6) is 5.75 Å². The number of likely N-dealkylation sites (N-methyl/N-ethyl adjacent to an activating group) is 1. The molecule has 1 aliphatic rings. The zero-order valence-electron chi connectivity index (χ0n) is 12.4. The van der Waals surface area contributed by atoms with Gasteiger partial charge in [0.2, 0.25) is 5.91 Å². The molecule has 1 aliphatic heterocycles. The third-order valence-electron chi connectivity index (χ3n) is 3.74. The van der Waals surface area contributed by atoms with Gasteiger partial charge in [-0.3, -0.25) is 4.79 Å². The number of carbonyl (C=O) groups is 1. The Morgan fingerprint density at radius 1 is 1.43 bits per heavy atom. The Labute approximate surface area is 137 Å². The number of nitrogens with zero attached hydrogens (tertiary/aromatic N) is 1. The zero-order valence-corrected chi connectivity index (χ0v) is 14.0. The molecule has 1 amide bonds. The van der Waals surface area contributed by atoms with E-state index in [1.54, 1.807) is 17.0 Å². The van der Waals surface area contributed by atoms with Crippen molar-refractivity contribution in [2.75, 3.05) is 33.3 Å². The molecule has 21 heavy (non-hydrogen) atoms. The maximum Gasteiger partial charge on any atom is 0.229 e. The smallest absolute Gasteiger partial charge is 0.229 e. The van der Waals surface area contributed by atoms with E-state index in [0.29, 0.717) is 18.2 Å². The molecule has 1 atom stereocenters. The highest BCUT2D eigenvalue weighted by molar-refractivity contribution is 6.30. The van der Waals surface area contributed by atoms with Crippen LogP contribution in [0.1, 0.15) is 13.3 Å². The lowest BCUT2D eigenvalue weighted by Crippen LogP contribution is -2.43. The summed E-state index contributed by atoms with van der Waals surface area (Å²) < 4.78 is 5.61. The molecule has 1 aromatic rings. The lowest BCUT2D eigenvalue weighted by atomic mass is 9.88. The minimum atomic E-state index is -0.269. The van der Waals surface area contributed by atoms with Gasteiger partial charge in [0.1, 0.15) is 12.4 Å². The van der Waals surface area contributed by atoms with E-state index >= 15 is 0 Å². The minimum absolute atomic E-state index is 0. The summed E-state index contributed by atoms with van der Waals surface area (Å²) in [4.78, 5) is 14.1. The Bertz CT molecular complexity index is 459. The number of carbonyl (C=O) groups excluding carboxylic acids is 1. The first-order valence-corrected chi connectivity index (χ1v) is 7.24. The number of amides is 1. The van der Waals surface area contributed by atoms with Gasteiger partial charge in [0, 0.05) is 18.6 Å². The first-order chi connectivity index (χ1) is 9.51. The minimum Gasteiger partial charge on any atom is -0.492 e. The van der Waals surface area contributed by atoms with Crippen LogP contribution in [0, 0.1) is 5.41 Å². The second-order valence-corrected chi connectivity index (χ2v) is 5.95. The molecule has 0 spiro atoms. The van der Waals surface area contributed by atoms with E-state index in [0.717, 1.165) is 25.3 Å². The summed E-state index contributed by atoms with van der Waals surface area (Å²) in [6.07, 6.45) is 0.897. The summed E-state index contributed by atoms with van der Waals surface area (Å²) in [5.41, 5.74) is -0.269. The standard InChI is InChI=1S/C15H21ClN2O2.ClH/c1-15(7-8-17-11-15)14(19)18(2)9-10-20-13-5-3-12(16)4-6-13;/h3-6,17H,7-11H2,1-2H3;1H. The molecule has 1 N–H and O–H groups in total. The monoisotopic (exact) mass is 332 g/mol. The quantitative estimate of drug-likeness (QED) is 0.901. The summed E-state index contributed by atoms with van der Waals surface area (Å²) in [5, 5.41) is 3.93. The van der Waals surface area contributed by atoms with E-state index < -0.39 is 0 Å². The second-order valence-electron chi connectivity index (χ2n) is 5.52. The van der Waals surface area contributed by atoms with Crippen LogP contribution >= 0.6 is 24.0 Å². The summed E-state index contributed by atoms with van der Waals surface area (Å²) in [6, 6.07) is 7.23. The molecule has 2 rings (SSSR count). The van der Waals surface area contributed by atoms with Crippen LogP contribution in [0.15, 0.2) is 24.3 Å². The molecule has 0 bridgehead atoms. The number of hydrogen-bond acceptors (Lipinski definition) is 3. The SMILES string of the molecule is CN(CCOc1ccc(Cl)cc1)C(=O)C1(C)CCNC1.Cl.